The van der Waals surface area contributed by atoms with Crippen molar-refractivity contribution in [2.75, 3.05) is 33.3 Å². The zero-order valence-electron chi connectivity index (χ0n) is 16.6. The zero-order valence-corrected chi connectivity index (χ0v) is 17.4. The second kappa shape index (κ2) is 10.2. The van der Waals surface area contributed by atoms with E-state index in [0.717, 1.165) is 24.3 Å². The van der Waals surface area contributed by atoms with Gasteiger partial charge in [0.1, 0.15) is 5.75 Å². The average molecular weight is 423 g/mol. The van der Waals surface area contributed by atoms with Gasteiger partial charge in [-0.25, -0.2) is 4.68 Å². The summed E-state index contributed by atoms with van der Waals surface area (Å²) in [4.78, 5) is 26.9. The molecule has 1 saturated heterocycles. The van der Waals surface area contributed by atoms with Crippen LogP contribution in [0.3, 0.4) is 0 Å². The molecule has 0 bridgehead atoms. The molecule has 3 rings (SSSR count). The summed E-state index contributed by atoms with van der Waals surface area (Å²) in [7, 11) is 1.61. The maximum absolute atomic E-state index is 13.0. The van der Waals surface area contributed by atoms with E-state index in [4.69, 9.17) is 10.5 Å². The van der Waals surface area contributed by atoms with Crippen LogP contribution in [-0.2, 0) is 4.79 Å². The Bertz CT molecular complexity index is 839. The molecule has 1 unspecified atom stereocenters. The minimum absolute atomic E-state index is 0. The number of amides is 2. The molecule has 0 radical (unpaired) electrons. The molecule has 29 heavy (non-hydrogen) atoms. The van der Waals surface area contributed by atoms with Gasteiger partial charge in [0.2, 0.25) is 5.91 Å². The van der Waals surface area contributed by atoms with Crippen LogP contribution in [0.4, 0.5) is 0 Å². The zero-order chi connectivity index (χ0) is 20.1. The van der Waals surface area contributed by atoms with Crippen LogP contribution >= 0.6 is 12.4 Å². The van der Waals surface area contributed by atoms with Crippen molar-refractivity contribution in [2.24, 2.45) is 11.7 Å². The lowest BCUT2D eigenvalue weighted by Crippen LogP contribution is -2.46. The predicted molar refractivity (Wildman–Crippen MR) is 111 cm³/mol. The van der Waals surface area contributed by atoms with Gasteiger partial charge in [-0.1, -0.05) is 5.21 Å². The molecule has 9 nitrogen and oxygen atoms in total. The first-order valence-electron chi connectivity index (χ1n) is 9.39. The van der Waals surface area contributed by atoms with Gasteiger partial charge in [-0.05, 0) is 44.0 Å². The van der Waals surface area contributed by atoms with E-state index < -0.39 is 0 Å². The summed E-state index contributed by atoms with van der Waals surface area (Å²) in [6.45, 7) is 3.64. The quantitative estimate of drug-likeness (QED) is 0.715. The average Bonchev–Trinajstić information content (AvgIpc) is 3.12. The normalized spacial score (nSPS) is 16.1. The molecule has 3 N–H and O–H groups in total. The molecule has 158 valence electrons. The van der Waals surface area contributed by atoms with Gasteiger partial charge in [0, 0.05) is 26.2 Å². The number of carbonyl (C=O) groups is 2. The Labute approximate surface area is 176 Å². The highest BCUT2D eigenvalue weighted by atomic mass is 35.5. The largest absolute Gasteiger partial charge is 0.497 e. The second-order valence-electron chi connectivity index (χ2n) is 6.80. The maximum atomic E-state index is 13.0. The molecule has 1 atom stereocenters. The minimum atomic E-state index is -0.221. The smallest absolute Gasteiger partial charge is 0.276 e. The van der Waals surface area contributed by atoms with Gasteiger partial charge in [0.15, 0.2) is 5.69 Å². The number of nitrogens with zero attached hydrogens (tertiary/aromatic N) is 4. The van der Waals surface area contributed by atoms with Gasteiger partial charge in [-0.2, -0.15) is 0 Å². The number of hydrogen-bond donors (Lipinski definition) is 2. The third-order valence-electron chi connectivity index (χ3n) is 4.94. The van der Waals surface area contributed by atoms with Crippen molar-refractivity contribution in [3.05, 3.63) is 35.7 Å². The standard InChI is InChI=1S/C19H26N6O3.ClH/c1-13-17(22-23-25(13)15-5-7-16(28-2)8-6-15)19(27)24-11-3-4-14(12-24)18(26)21-10-9-20;/h5-8,14H,3-4,9-12,20H2,1-2H3,(H,21,26);1H. The monoisotopic (exact) mass is 422 g/mol. The highest BCUT2D eigenvalue weighted by molar-refractivity contribution is 5.94. The number of benzene rings is 1. The first-order valence-corrected chi connectivity index (χ1v) is 9.39. The minimum Gasteiger partial charge on any atom is -0.497 e. The topological polar surface area (TPSA) is 115 Å². The molecule has 1 fully saturated rings. The van der Waals surface area contributed by atoms with Crippen molar-refractivity contribution in [3.63, 3.8) is 0 Å². The summed E-state index contributed by atoms with van der Waals surface area (Å²) in [6.07, 6.45) is 1.54. The lowest BCUT2D eigenvalue weighted by molar-refractivity contribution is -0.126. The van der Waals surface area contributed by atoms with E-state index in [1.165, 1.54) is 0 Å². The third kappa shape index (κ3) is 5.04. The second-order valence-corrected chi connectivity index (χ2v) is 6.80. The molecule has 0 aliphatic carbocycles. The number of ether oxygens (including phenoxy) is 1. The van der Waals surface area contributed by atoms with Crippen LogP contribution in [0.5, 0.6) is 5.75 Å². The number of methoxy groups -OCH3 is 1. The van der Waals surface area contributed by atoms with Crippen molar-refractivity contribution in [1.29, 1.82) is 0 Å². The van der Waals surface area contributed by atoms with Crippen molar-refractivity contribution < 1.29 is 14.3 Å². The third-order valence-corrected chi connectivity index (χ3v) is 4.94. The summed E-state index contributed by atoms with van der Waals surface area (Å²) < 4.78 is 6.79. The van der Waals surface area contributed by atoms with E-state index in [1.54, 1.807) is 16.7 Å². The highest BCUT2D eigenvalue weighted by Gasteiger charge is 2.31. The van der Waals surface area contributed by atoms with E-state index in [1.807, 2.05) is 31.2 Å². The number of nitrogens with one attached hydrogen (secondary N) is 1. The van der Waals surface area contributed by atoms with Gasteiger partial charge in [0.25, 0.3) is 5.91 Å². The molecule has 1 aliphatic rings. The van der Waals surface area contributed by atoms with Crippen LogP contribution in [0.25, 0.3) is 5.69 Å². The van der Waals surface area contributed by atoms with Crippen molar-refractivity contribution in [1.82, 2.24) is 25.2 Å². The molecule has 2 amide bonds. The lowest BCUT2D eigenvalue weighted by Gasteiger charge is -2.31. The number of nitrogens with two attached hydrogens (primary N) is 1. The predicted octanol–water partition coefficient (Wildman–Crippen LogP) is 0.933. The van der Waals surface area contributed by atoms with Gasteiger partial charge in [-0.3, -0.25) is 9.59 Å². The van der Waals surface area contributed by atoms with E-state index in [2.05, 4.69) is 15.6 Å². The fourth-order valence-electron chi connectivity index (χ4n) is 3.36. The van der Waals surface area contributed by atoms with E-state index >= 15 is 0 Å². The van der Waals surface area contributed by atoms with Crippen LogP contribution in [0.15, 0.2) is 24.3 Å². The van der Waals surface area contributed by atoms with Gasteiger partial charge < -0.3 is 20.7 Å². The van der Waals surface area contributed by atoms with E-state index in [9.17, 15) is 9.59 Å². The van der Waals surface area contributed by atoms with Crippen LogP contribution in [0.2, 0.25) is 0 Å². The molecule has 1 aliphatic heterocycles. The van der Waals surface area contributed by atoms with Crippen LogP contribution in [0.1, 0.15) is 29.0 Å². The van der Waals surface area contributed by atoms with Crippen LogP contribution in [0, 0.1) is 12.8 Å². The molecule has 2 heterocycles. The Balaban J connectivity index is 0.00000300. The number of likely N-dealkylation sites (tertiary alicyclic amines) is 1. The van der Waals surface area contributed by atoms with Gasteiger partial charge in [0.05, 0.1) is 24.4 Å². The molecular weight excluding hydrogens is 396 g/mol. The summed E-state index contributed by atoms with van der Waals surface area (Å²) in [6, 6.07) is 7.36. The Morgan fingerprint density at radius 3 is 2.69 bits per heavy atom. The van der Waals surface area contributed by atoms with Crippen molar-refractivity contribution in [2.45, 2.75) is 19.8 Å². The Hall–Kier alpha value is -2.65. The number of halogens is 1. The number of piperidine rings is 1. The van der Waals surface area contributed by atoms with Gasteiger partial charge >= 0.3 is 0 Å². The lowest BCUT2D eigenvalue weighted by atomic mass is 9.96. The SMILES string of the molecule is COc1ccc(-n2nnc(C(=O)N3CCCC(C(=O)NCCN)C3)c2C)cc1.Cl. The summed E-state index contributed by atoms with van der Waals surface area (Å²) in [5, 5.41) is 11.0. The van der Waals surface area contributed by atoms with Gasteiger partial charge in [-0.15, -0.1) is 17.5 Å². The Kier molecular flexibility index (Phi) is 7.98. The van der Waals surface area contributed by atoms with Crippen molar-refractivity contribution >= 4 is 24.2 Å². The summed E-state index contributed by atoms with van der Waals surface area (Å²) >= 11 is 0. The molecule has 1 aromatic carbocycles. The number of aromatic nitrogens is 3. The molecule has 0 saturated carbocycles. The van der Waals surface area contributed by atoms with E-state index in [0.29, 0.717) is 37.6 Å². The Morgan fingerprint density at radius 1 is 1.31 bits per heavy atom. The molecular formula is C19H27ClN6O3. The fraction of sp³-hybridized carbons (Fsp3) is 0.474. The van der Waals surface area contributed by atoms with Crippen LogP contribution < -0.4 is 15.8 Å². The first-order chi connectivity index (χ1) is 13.5. The molecule has 2 aromatic rings. The van der Waals surface area contributed by atoms with E-state index in [-0.39, 0.29) is 30.1 Å². The summed E-state index contributed by atoms with van der Waals surface area (Å²) in [5.41, 5.74) is 7.19. The highest BCUT2D eigenvalue weighted by Crippen LogP contribution is 2.21. The molecule has 0 spiro atoms. The Morgan fingerprint density at radius 2 is 2.03 bits per heavy atom. The fourth-order valence-corrected chi connectivity index (χ4v) is 3.36. The molecule has 10 heteroatoms. The van der Waals surface area contributed by atoms with Crippen LogP contribution in [-0.4, -0.2) is 65.0 Å². The molecule has 1 aromatic heterocycles. The summed E-state index contributed by atoms with van der Waals surface area (Å²) in [5.74, 6) is 0.265. The van der Waals surface area contributed by atoms with Crippen molar-refractivity contribution in [3.8, 4) is 11.4 Å². The number of carbonyl (C=O) groups excluding carboxylic acids is 2. The number of rotatable bonds is 6. The maximum Gasteiger partial charge on any atom is 0.276 e. The number of hydrogen-bond acceptors (Lipinski definition) is 6. The first kappa shape index (κ1) is 22.6.